The molecule has 0 unspecified atom stereocenters. The van der Waals surface area contributed by atoms with Crippen LogP contribution in [0.1, 0.15) is 31.6 Å². The van der Waals surface area contributed by atoms with Crippen molar-refractivity contribution in [2.45, 2.75) is 25.7 Å². The summed E-state index contributed by atoms with van der Waals surface area (Å²) >= 11 is 0. The number of nitrogens with zero attached hydrogens (tertiary/aromatic N) is 2. The number of aromatic nitrogens is 3. The maximum absolute atomic E-state index is 4.45. The average Bonchev–Trinajstić information content (AvgIpc) is 2.97. The highest BCUT2D eigenvalue weighted by molar-refractivity contribution is 5.54. The van der Waals surface area contributed by atoms with Crippen LogP contribution in [0, 0.1) is 6.92 Å². The number of aryl methyl sites for hydroxylation is 1. The third kappa shape index (κ3) is 1.65. The molecular formula is C12H15N3. The van der Waals surface area contributed by atoms with Gasteiger partial charge in [0.25, 0.3) is 0 Å². The van der Waals surface area contributed by atoms with E-state index in [4.69, 9.17) is 0 Å². The van der Waals surface area contributed by atoms with Gasteiger partial charge in [-0.3, -0.25) is 10.1 Å². The molecule has 2 aromatic rings. The van der Waals surface area contributed by atoms with Crippen molar-refractivity contribution in [1.29, 1.82) is 0 Å². The summed E-state index contributed by atoms with van der Waals surface area (Å²) in [6, 6.07) is 8.14. The number of nitrogens with one attached hydrogen (secondary N) is 1. The van der Waals surface area contributed by atoms with E-state index < -0.39 is 0 Å². The quantitative estimate of drug-likeness (QED) is 0.811. The van der Waals surface area contributed by atoms with E-state index in [1.165, 1.54) is 18.5 Å². The average molecular weight is 201 g/mol. The van der Waals surface area contributed by atoms with Crippen molar-refractivity contribution in [3.63, 3.8) is 0 Å². The Morgan fingerprint density at radius 3 is 2.93 bits per heavy atom. The SMILES string of the molecule is Cc1cccc(-c2cc(C3CC3)[nH]n2)n1.[HH]. The fourth-order valence-corrected chi connectivity index (χ4v) is 1.76. The lowest BCUT2D eigenvalue weighted by molar-refractivity contribution is 0.965. The predicted molar refractivity (Wildman–Crippen MR) is 60.6 cm³/mol. The maximum Gasteiger partial charge on any atom is 0.111 e. The number of hydrogen-bond acceptors (Lipinski definition) is 2. The molecule has 1 fully saturated rings. The molecule has 0 atom stereocenters. The van der Waals surface area contributed by atoms with Crippen LogP contribution in [0.2, 0.25) is 0 Å². The Labute approximate surface area is 90.0 Å². The Morgan fingerprint density at radius 2 is 2.20 bits per heavy atom. The molecule has 0 radical (unpaired) electrons. The van der Waals surface area contributed by atoms with Gasteiger partial charge < -0.3 is 0 Å². The molecule has 0 aliphatic heterocycles. The first kappa shape index (κ1) is 8.65. The zero-order valence-corrected chi connectivity index (χ0v) is 8.70. The Balaban J connectivity index is 0.000000963. The number of H-pyrrole nitrogens is 1. The van der Waals surface area contributed by atoms with Gasteiger partial charge in [-0.25, -0.2) is 0 Å². The second-order valence-electron chi connectivity index (χ2n) is 4.15. The van der Waals surface area contributed by atoms with Crippen molar-refractivity contribution >= 4 is 0 Å². The van der Waals surface area contributed by atoms with E-state index in [1.807, 2.05) is 25.1 Å². The molecule has 1 aliphatic rings. The molecular weight excluding hydrogens is 186 g/mol. The zero-order chi connectivity index (χ0) is 10.3. The van der Waals surface area contributed by atoms with Crippen molar-refractivity contribution < 1.29 is 1.43 Å². The molecule has 0 amide bonds. The molecule has 0 aromatic carbocycles. The Hall–Kier alpha value is -1.64. The molecule has 3 heteroatoms. The van der Waals surface area contributed by atoms with Gasteiger partial charge in [0.1, 0.15) is 5.69 Å². The second kappa shape index (κ2) is 3.19. The third-order valence-electron chi connectivity index (χ3n) is 2.77. The normalized spacial score (nSPS) is 15.5. The Morgan fingerprint density at radius 1 is 1.33 bits per heavy atom. The molecule has 3 nitrogen and oxygen atoms in total. The molecule has 1 aliphatic carbocycles. The van der Waals surface area contributed by atoms with Gasteiger partial charge in [0.15, 0.2) is 0 Å². The summed E-state index contributed by atoms with van der Waals surface area (Å²) in [5, 5.41) is 7.40. The molecule has 3 rings (SSSR count). The minimum atomic E-state index is 0. The smallest absolute Gasteiger partial charge is 0.111 e. The minimum Gasteiger partial charge on any atom is -0.282 e. The van der Waals surface area contributed by atoms with Crippen LogP contribution in [0.25, 0.3) is 11.4 Å². The van der Waals surface area contributed by atoms with Gasteiger partial charge in [-0.15, -0.1) is 0 Å². The number of pyridine rings is 1. The van der Waals surface area contributed by atoms with E-state index in [9.17, 15) is 0 Å². The molecule has 2 aromatic heterocycles. The van der Waals surface area contributed by atoms with Crippen molar-refractivity contribution in [2.24, 2.45) is 0 Å². The first-order valence-corrected chi connectivity index (χ1v) is 5.32. The summed E-state index contributed by atoms with van der Waals surface area (Å²) in [4.78, 5) is 4.45. The Kier molecular flexibility index (Phi) is 1.84. The molecule has 0 saturated heterocycles. The molecule has 0 bridgehead atoms. The molecule has 1 N–H and O–H groups in total. The summed E-state index contributed by atoms with van der Waals surface area (Å²) < 4.78 is 0. The van der Waals surface area contributed by atoms with Gasteiger partial charge in [-0.05, 0) is 38.0 Å². The summed E-state index contributed by atoms with van der Waals surface area (Å²) in [5.41, 5.74) is 4.20. The molecule has 2 heterocycles. The summed E-state index contributed by atoms with van der Waals surface area (Å²) in [5.74, 6) is 0.719. The first-order chi connectivity index (χ1) is 7.33. The van der Waals surface area contributed by atoms with E-state index in [0.717, 1.165) is 23.0 Å². The largest absolute Gasteiger partial charge is 0.282 e. The number of aromatic amines is 1. The van der Waals surface area contributed by atoms with Gasteiger partial charge in [-0.1, -0.05) is 6.07 Å². The van der Waals surface area contributed by atoms with Crippen LogP contribution in [0.15, 0.2) is 24.3 Å². The highest BCUT2D eigenvalue weighted by Gasteiger charge is 2.25. The van der Waals surface area contributed by atoms with Crippen molar-refractivity contribution in [1.82, 2.24) is 15.2 Å². The monoisotopic (exact) mass is 201 g/mol. The zero-order valence-electron chi connectivity index (χ0n) is 8.70. The lowest BCUT2D eigenvalue weighted by atomic mass is 10.2. The van der Waals surface area contributed by atoms with Crippen LogP contribution in [0.4, 0.5) is 0 Å². The minimum absolute atomic E-state index is 0. The highest BCUT2D eigenvalue weighted by Crippen LogP contribution is 2.39. The third-order valence-corrected chi connectivity index (χ3v) is 2.77. The molecule has 15 heavy (non-hydrogen) atoms. The van der Waals surface area contributed by atoms with E-state index in [-0.39, 0.29) is 1.43 Å². The van der Waals surface area contributed by atoms with E-state index in [2.05, 4.69) is 21.2 Å². The lowest BCUT2D eigenvalue weighted by Gasteiger charge is -1.95. The standard InChI is InChI=1S/C12H13N3.H2/c1-8-3-2-4-10(13-8)12-7-11(14-15-12)9-5-6-9;/h2-4,7,9H,5-6H2,1H3,(H,14,15);1H. The Bertz CT molecular complexity index is 489. The van der Waals surface area contributed by atoms with Crippen LogP contribution in [0.3, 0.4) is 0 Å². The summed E-state index contributed by atoms with van der Waals surface area (Å²) in [6.07, 6.45) is 2.59. The van der Waals surface area contributed by atoms with Crippen LogP contribution < -0.4 is 0 Å². The van der Waals surface area contributed by atoms with Crippen LogP contribution in [0.5, 0.6) is 0 Å². The number of rotatable bonds is 2. The van der Waals surface area contributed by atoms with E-state index in [0.29, 0.717) is 0 Å². The first-order valence-electron chi connectivity index (χ1n) is 5.32. The van der Waals surface area contributed by atoms with Crippen LogP contribution in [-0.4, -0.2) is 15.2 Å². The predicted octanol–water partition coefficient (Wildman–Crippen LogP) is 2.90. The second-order valence-corrected chi connectivity index (χ2v) is 4.15. The van der Waals surface area contributed by atoms with Gasteiger partial charge in [0, 0.05) is 18.7 Å². The highest BCUT2D eigenvalue weighted by atomic mass is 15.1. The summed E-state index contributed by atoms with van der Waals surface area (Å²) in [7, 11) is 0. The topological polar surface area (TPSA) is 41.6 Å². The van der Waals surface area contributed by atoms with Gasteiger partial charge in [0.2, 0.25) is 0 Å². The number of hydrogen-bond donors (Lipinski definition) is 1. The van der Waals surface area contributed by atoms with Gasteiger partial charge in [-0.2, -0.15) is 5.10 Å². The molecule has 78 valence electrons. The lowest BCUT2D eigenvalue weighted by Crippen LogP contribution is -1.85. The van der Waals surface area contributed by atoms with Crippen LogP contribution in [-0.2, 0) is 0 Å². The van der Waals surface area contributed by atoms with Crippen molar-refractivity contribution in [3.05, 3.63) is 35.7 Å². The van der Waals surface area contributed by atoms with Crippen molar-refractivity contribution in [2.75, 3.05) is 0 Å². The molecule has 1 saturated carbocycles. The van der Waals surface area contributed by atoms with Crippen LogP contribution >= 0.6 is 0 Å². The van der Waals surface area contributed by atoms with Gasteiger partial charge in [0.05, 0.1) is 5.69 Å². The van der Waals surface area contributed by atoms with E-state index >= 15 is 0 Å². The summed E-state index contributed by atoms with van der Waals surface area (Å²) in [6.45, 7) is 2.00. The fraction of sp³-hybridized carbons (Fsp3) is 0.333. The van der Waals surface area contributed by atoms with E-state index in [1.54, 1.807) is 0 Å². The van der Waals surface area contributed by atoms with Crippen molar-refractivity contribution in [3.8, 4) is 11.4 Å². The maximum atomic E-state index is 4.45. The van der Waals surface area contributed by atoms with Gasteiger partial charge >= 0.3 is 0 Å². The molecule has 0 spiro atoms. The fourth-order valence-electron chi connectivity index (χ4n) is 1.76.